The molecular formula is C36H55F3N4O5. The van der Waals surface area contributed by atoms with E-state index in [1.54, 1.807) is 12.1 Å². The van der Waals surface area contributed by atoms with E-state index < -0.39 is 60.7 Å². The topological polar surface area (TPSA) is 122 Å². The van der Waals surface area contributed by atoms with Crippen LogP contribution in [0.3, 0.4) is 0 Å². The van der Waals surface area contributed by atoms with E-state index in [4.69, 9.17) is 6.42 Å². The quantitative estimate of drug-likeness (QED) is 0.165. The molecule has 0 saturated heterocycles. The molecule has 1 aliphatic carbocycles. The number of rotatable bonds is 19. The Morgan fingerprint density at radius 2 is 1.65 bits per heavy atom. The van der Waals surface area contributed by atoms with Crippen LogP contribution < -0.4 is 10.6 Å². The Labute approximate surface area is 284 Å². The minimum Gasteiger partial charge on any atom is -0.390 e. The van der Waals surface area contributed by atoms with Gasteiger partial charge in [0, 0.05) is 33.0 Å². The second-order valence-corrected chi connectivity index (χ2v) is 13.8. The van der Waals surface area contributed by atoms with E-state index in [0.29, 0.717) is 12.8 Å². The molecule has 3 unspecified atom stereocenters. The Hall–Kier alpha value is -3.14. The average Bonchev–Trinajstić information content (AvgIpc) is 3.02. The fourth-order valence-corrected chi connectivity index (χ4v) is 6.21. The number of likely N-dealkylation sites (N-methyl/N-ethyl adjacent to an activating group) is 2. The molecule has 3 amide bonds. The third-order valence-electron chi connectivity index (χ3n) is 8.92. The zero-order valence-corrected chi connectivity index (χ0v) is 28.8. The van der Waals surface area contributed by atoms with Gasteiger partial charge in [0.15, 0.2) is 0 Å². The summed E-state index contributed by atoms with van der Waals surface area (Å²) in [7, 11) is 2.79. The number of hydrogen-bond acceptors (Lipinski definition) is 6. The molecule has 5 atom stereocenters. The number of benzene rings is 1. The van der Waals surface area contributed by atoms with Crippen LogP contribution in [0.25, 0.3) is 0 Å². The Balaban J connectivity index is 2.20. The Bertz CT molecular complexity index is 1170. The summed E-state index contributed by atoms with van der Waals surface area (Å²) >= 11 is 0. The van der Waals surface area contributed by atoms with Crippen molar-refractivity contribution in [3.63, 3.8) is 0 Å². The molecule has 0 heterocycles. The van der Waals surface area contributed by atoms with Crippen molar-refractivity contribution >= 4 is 17.7 Å². The van der Waals surface area contributed by atoms with E-state index in [-0.39, 0.29) is 44.2 Å². The first-order valence-corrected chi connectivity index (χ1v) is 17.0. The van der Waals surface area contributed by atoms with Crippen LogP contribution in [0, 0.1) is 30.1 Å². The Morgan fingerprint density at radius 1 is 1.00 bits per heavy atom. The largest absolute Gasteiger partial charge is 0.401 e. The normalized spacial score (nSPS) is 17.2. The highest BCUT2D eigenvalue weighted by molar-refractivity contribution is 5.91. The number of carbonyl (C=O) groups is 3. The molecule has 0 bridgehead atoms. The van der Waals surface area contributed by atoms with Gasteiger partial charge in [-0.05, 0) is 43.7 Å². The molecule has 2 rings (SSSR count). The third-order valence-corrected chi connectivity index (χ3v) is 8.92. The van der Waals surface area contributed by atoms with Crippen LogP contribution in [-0.4, -0.2) is 102 Å². The summed E-state index contributed by atoms with van der Waals surface area (Å²) in [6, 6.07) is 7.13. The molecule has 1 saturated carbocycles. The fourth-order valence-electron chi connectivity index (χ4n) is 6.21. The molecule has 0 radical (unpaired) electrons. The molecule has 270 valence electrons. The lowest BCUT2D eigenvalue weighted by Crippen LogP contribution is -2.56. The van der Waals surface area contributed by atoms with Crippen LogP contribution in [0.1, 0.15) is 77.2 Å². The van der Waals surface area contributed by atoms with Crippen molar-refractivity contribution in [3.8, 4) is 12.3 Å². The van der Waals surface area contributed by atoms with Gasteiger partial charge in [-0.25, -0.2) is 0 Å². The zero-order valence-electron chi connectivity index (χ0n) is 28.8. The van der Waals surface area contributed by atoms with E-state index in [0.717, 1.165) is 42.6 Å². The smallest absolute Gasteiger partial charge is 0.390 e. The van der Waals surface area contributed by atoms with Crippen molar-refractivity contribution in [2.24, 2.45) is 17.8 Å². The van der Waals surface area contributed by atoms with Gasteiger partial charge in [-0.1, -0.05) is 76.3 Å². The molecule has 4 N–H and O–H groups in total. The first kappa shape index (κ1) is 41.0. The first-order valence-electron chi connectivity index (χ1n) is 17.0. The molecule has 0 aliphatic heterocycles. The van der Waals surface area contributed by atoms with Gasteiger partial charge in [-0.3, -0.25) is 19.3 Å². The van der Waals surface area contributed by atoms with Crippen molar-refractivity contribution in [1.29, 1.82) is 0 Å². The summed E-state index contributed by atoms with van der Waals surface area (Å²) in [6.07, 6.45) is 4.79. The highest BCUT2D eigenvalue weighted by Gasteiger charge is 2.34. The maximum Gasteiger partial charge on any atom is 0.401 e. The minimum absolute atomic E-state index is 0.0124. The summed E-state index contributed by atoms with van der Waals surface area (Å²) in [5, 5.41) is 27.5. The molecule has 48 heavy (non-hydrogen) atoms. The lowest BCUT2D eigenvalue weighted by atomic mass is 9.82. The van der Waals surface area contributed by atoms with Crippen molar-refractivity contribution < 1.29 is 37.8 Å². The number of amides is 3. The number of nitrogens with zero attached hydrogens (tertiary/aromatic N) is 2. The van der Waals surface area contributed by atoms with Crippen LogP contribution in [-0.2, 0) is 20.8 Å². The molecule has 0 aromatic heterocycles. The van der Waals surface area contributed by atoms with Crippen LogP contribution in [0.5, 0.6) is 0 Å². The first-order chi connectivity index (χ1) is 22.6. The molecule has 1 aromatic rings. The van der Waals surface area contributed by atoms with Gasteiger partial charge >= 0.3 is 6.18 Å². The molecule has 9 nitrogen and oxygen atoms in total. The van der Waals surface area contributed by atoms with Gasteiger partial charge in [0.1, 0.15) is 12.1 Å². The predicted molar refractivity (Wildman–Crippen MR) is 179 cm³/mol. The molecule has 1 aliphatic rings. The molecule has 12 heteroatoms. The lowest BCUT2D eigenvalue weighted by Gasteiger charge is -2.33. The number of terminal acetylenes is 1. The van der Waals surface area contributed by atoms with E-state index >= 15 is 0 Å². The van der Waals surface area contributed by atoms with Crippen molar-refractivity contribution in [1.82, 2.24) is 20.4 Å². The maximum absolute atomic E-state index is 13.7. The monoisotopic (exact) mass is 680 g/mol. The molecule has 0 spiro atoms. The van der Waals surface area contributed by atoms with Crippen LogP contribution in [0.2, 0.25) is 0 Å². The molecular weight excluding hydrogens is 625 g/mol. The average molecular weight is 681 g/mol. The molecule has 1 aromatic carbocycles. The molecule has 1 fully saturated rings. The van der Waals surface area contributed by atoms with E-state index in [1.807, 2.05) is 32.0 Å². The van der Waals surface area contributed by atoms with Crippen LogP contribution in [0.4, 0.5) is 13.2 Å². The summed E-state index contributed by atoms with van der Waals surface area (Å²) in [5.41, 5.74) is 0.783. The summed E-state index contributed by atoms with van der Waals surface area (Å²) in [5.74, 6) is 0.330. The second-order valence-electron chi connectivity index (χ2n) is 13.8. The Morgan fingerprint density at radius 3 is 2.23 bits per heavy atom. The van der Waals surface area contributed by atoms with Gasteiger partial charge in [0.05, 0.1) is 24.6 Å². The van der Waals surface area contributed by atoms with Gasteiger partial charge in [-0.2, -0.15) is 13.2 Å². The van der Waals surface area contributed by atoms with Crippen molar-refractivity contribution in [3.05, 3.63) is 35.9 Å². The number of nitrogens with one attached hydrogen (secondary N) is 2. The summed E-state index contributed by atoms with van der Waals surface area (Å²) in [6.45, 7) is 2.78. The van der Waals surface area contributed by atoms with E-state index in [1.165, 1.54) is 19.0 Å². The van der Waals surface area contributed by atoms with E-state index in [2.05, 4.69) is 16.6 Å². The number of aliphatic hydroxyl groups excluding tert-OH is 2. The third kappa shape index (κ3) is 15.4. The van der Waals surface area contributed by atoms with Crippen LogP contribution in [0.15, 0.2) is 30.3 Å². The van der Waals surface area contributed by atoms with Crippen LogP contribution >= 0.6 is 0 Å². The number of alkyl halides is 3. The summed E-state index contributed by atoms with van der Waals surface area (Å²) < 4.78 is 38.2. The summed E-state index contributed by atoms with van der Waals surface area (Å²) in [4.78, 5) is 42.9. The highest BCUT2D eigenvalue weighted by Crippen LogP contribution is 2.29. The second kappa shape index (κ2) is 20.4. The maximum atomic E-state index is 13.7. The Kier molecular flexibility index (Phi) is 17.4. The number of halogens is 3. The lowest BCUT2D eigenvalue weighted by molar-refractivity contribution is -0.144. The van der Waals surface area contributed by atoms with Crippen molar-refractivity contribution in [2.75, 3.05) is 33.7 Å². The SMILES string of the molecule is C#CC[C@H](NC(=O)C(CC(=O)N(C)CCN(C)CC(F)(F)F)Cc1ccccc1)C(=O)NC(CC1CCCCC1)[C@@H](O)C(O)CC(C)C. The van der Waals surface area contributed by atoms with Gasteiger partial charge in [0.25, 0.3) is 0 Å². The minimum atomic E-state index is -4.36. The standard InChI is InChI=1S/C36H55F3N4O5/c1-6-13-29(35(48)41-30(22-27-16-11-8-12-17-27)33(46)31(44)20-25(2)3)40-34(47)28(21-26-14-9-7-10-15-26)23-32(45)43(5)19-18-42(4)24-36(37,38)39/h1,7,9-10,14-15,25,27-31,33,44,46H,8,11-13,16-24H2,2-5H3,(H,40,47)(H,41,48)/t28?,29-,30?,31?,33+/m0/s1. The number of carbonyl (C=O) groups excluding carboxylic acids is 3. The fraction of sp³-hybridized carbons (Fsp3) is 0.694. The van der Waals surface area contributed by atoms with Gasteiger partial charge < -0.3 is 25.7 Å². The zero-order chi connectivity index (χ0) is 35.9. The number of aliphatic hydroxyl groups is 2. The van der Waals surface area contributed by atoms with Crippen molar-refractivity contribution in [2.45, 2.75) is 109 Å². The predicted octanol–water partition coefficient (Wildman–Crippen LogP) is 3.92. The number of hydrogen-bond donors (Lipinski definition) is 4. The highest BCUT2D eigenvalue weighted by atomic mass is 19.4. The van der Waals surface area contributed by atoms with Gasteiger partial charge in [-0.15, -0.1) is 12.3 Å². The van der Waals surface area contributed by atoms with Gasteiger partial charge in [0.2, 0.25) is 17.7 Å². The van der Waals surface area contributed by atoms with E-state index in [9.17, 15) is 37.8 Å².